The Kier molecular flexibility index (Phi) is 3.02. The molecule has 2 fully saturated rings. The van der Waals surface area contributed by atoms with E-state index in [0.717, 1.165) is 30.3 Å². The number of nitrogens with one attached hydrogen (secondary N) is 1. The Balaban J connectivity index is 1.68. The number of benzene rings is 1. The van der Waals surface area contributed by atoms with Crippen LogP contribution in [0.3, 0.4) is 0 Å². The van der Waals surface area contributed by atoms with E-state index in [4.69, 9.17) is 0 Å². The summed E-state index contributed by atoms with van der Waals surface area (Å²) in [6, 6.07) is 6.91. The highest BCUT2D eigenvalue weighted by Gasteiger charge is 2.38. The van der Waals surface area contributed by atoms with Crippen molar-refractivity contribution in [3.63, 3.8) is 0 Å². The highest BCUT2D eigenvalue weighted by atomic mass is 19.1. The molecule has 1 aliphatic carbocycles. The van der Waals surface area contributed by atoms with E-state index in [0.29, 0.717) is 12.1 Å². The van der Waals surface area contributed by atoms with Crippen LogP contribution in [0.1, 0.15) is 31.7 Å². The molecule has 0 aromatic heterocycles. The van der Waals surface area contributed by atoms with Gasteiger partial charge in [-0.15, -0.1) is 0 Å². The van der Waals surface area contributed by atoms with Crippen LogP contribution >= 0.6 is 0 Å². The maximum Gasteiger partial charge on any atom is 0.125 e. The van der Waals surface area contributed by atoms with Crippen molar-refractivity contribution in [3.8, 4) is 0 Å². The van der Waals surface area contributed by atoms with Crippen molar-refractivity contribution in [2.45, 2.75) is 51.2 Å². The monoisotopic (exact) mass is 248 g/mol. The van der Waals surface area contributed by atoms with Gasteiger partial charge in [0.25, 0.3) is 0 Å². The Morgan fingerprint density at radius 2 is 2.11 bits per heavy atom. The Hall–Kier alpha value is -1.09. The van der Waals surface area contributed by atoms with E-state index < -0.39 is 0 Å². The van der Waals surface area contributed by atoms with Crippen LogP contribution in [-0.2, 0) is 0 Å². The Bertz CT molecular complexity index is 442. The van der Waals surface area contributed by atoms with Crippen molar-refractivity contribution < 1.29 is 4.39 Å². The number of rotatable bonds is 3. The van der Waals surface area contributed by atoms with Gasteiger partial charge in [0.15, 0.2) is 0 Å². The summed E-state index contributed by atoms with van der Waals surface area (Å²) in [6.07, 6.45) is 3.87. The Labute approximate surface area is 108 Å². The average molecular weight is 248 g/mol. The molecule has 1 saturated carbocycles. The second-order valence-corrected chi connectivity index (χ2v) is 5.81. The van der Waals surface area contributed by atoms with Gasteiger partial charge in [-0.2, -0.15) is 0 Å². The fraction of sp³-hybridized carbons (Fsp3) is 0.600. The minimum atomic E-state index is -0.159. The minimum Gasteiger partial charge on any atom is -0.381 e. The van der Waals surface area contributed by atoms with Crippen LogP contribution in [0.4, 0.5) is 10.1 Å². The lowest BCUT2D eigenvalue weighted by molar-refractivity contribution is 0.257. The van der Waals surface area contributed by atoms with Gasteiger partial charge in [-0.05, 0) is 50.8 Å². The van der Waals surface area contributed by atoms with Gasteiger partial charge in [0.1, 0.15) is 5.82 Å². The zero-order valence-electron chi connectivity index (χ0n) is 11.1. The first-order chi connectivity index (χ1) is 8.63. The molecule has 1 N–H and O–H groups in total. The van der Waals surface area contributed by atoms with Crippen LogP contribution in [0.2, 0.25) is 0 Å². The zero-order valence-corrected chi connectivity index (χ0v) is 11.1. The van der Waals surface area contributed by atoms with Gasteiger partial charge in [-0.3, -0.25) is 4.90 Å². The third-order valence-corrected chi connectivity index (χ3v) is 4.20. The summed E-state index contributed by atoms with van der Waals surface area (Å²) in [7, 11) is 0. The van der Waals surface area contributed by atoms with Gasteiger partial charge in [0, 0.05) is 30.4 Å². The molecule has 3 heteroatoms. The third-order valence-electron chi connectivity index (χ3n) is 4.20. The standard InChI is InChI=1S/C15H21FN2/c1-10-3-4-12(16)8-15(10)17-13-7-11(2)18(9-13)14-5-6-14/h3-4,8,11,13-14,17H,5-7,9H2,1-2H3. The average Bonchev–Trinajstić information content (AvgIpc) is 3.09. The number of halogens is 1. The van der Waals surface area contributed by atoms with Crippen LogP contribution < -0.4 is 5.32 Å². The molecule has 0 bridgehead atoms. The molecule has 1 aromatic rings. The first kappa shape index (κ1) is 12.0. The molecule has 1 aliphatic heterocycles. The summed E-state index contributed by atoms with van der Waals surface area (Å²) >= 11 is 0. The molecule has 0 radical (unpaired) electrons. The lowest BCUT2D eigenvalue weighted by Crippen LogP contribution is -2.31. The first-order valence-electron chi connectivity index (χ1n) is 6.92. The molecule has 1 saturated heterocycles. The second kappa shape index (κ2) is 4.54. The summed E-state index contributed by atoms with van der Waals surface area (Å²) < 4.78 is 13.3. The Morgan fingerprint density at radius 1 is 1.33 bits per heavy atom. The number of hydrogen-bond acceptors (Lipinski definition) is 2. The molecule has 98 valence electrons. The van der Waals surface area contributed by atoms with Crippen LogP contribution in [0, 0.1) is 12.7 Å². The predicted octanol–water partition coefficient (Wildman–Crippen LogP) is 3.17. The molecule has 3 rings (SSSR count). The molecule has 2 aliphatic rings. The number of nitrogens with zero attached hydrogens (tertiary/aromatic N) is 1. The number of anilines is 1. The molecule has 1 heterocycles. The number of hydrogen-bond donors (Lipinski definition) is 1. The van der Waals surface area contributed by atoms with E-state index in [2.05, 4.69) is 17.1 Å². The van der Waals surface area contributed by atoms with Crippen molar-refractivity contribution in [1.82, 2.24) is 4.90 Å². The minimum absolute atomic E-state index is 0.159. The largest absolute Gasteiger partial charge is 0.381 e. The van der Waals surface area contributed by atoms with Crippen molar-refractivity contribution >= 4 is 5.69 Å². The fourth-order valence-electron chi connectivity index (χ4n) is 3.05. The first-order valence-corrected chi connectivity index (χ1v) is 6.92. The SMILES string of the molecule is Cc1ccc(F)cc1NC1CC(C)N(C2CC2)C1. The Morgan fingerprint density at radius 3 is 2.83 bits per heavy atom. The maximum absolute atomic E-state index is 13.3. The van der Waals surface area contributed by atoms with Gasteiger partial charge >= 0.3 is 0 Å². The topological polar surface area (TPSA) is 15.3 Å². The van der Waals surface area contributed by atoms with Gasteiger partial charge in [-0.1, -0.05) is 6.07 Å². The summed E-state index contributed by atoms with van der Waals surface area (Å²) in [4.78, 5) is 2.60. The van der Waals surface area contributed by atoms with Crippen LogP contribution in [0.25, 0.3) is 0 Å². The van der Waals surface area contributed by atoms with Gasteiger partial charge in [0.05, 0.1) is 0 Å². The normalized spacial score (nSPS) is 28.6. The highest BCUT2D eigenvalue weighted by Crippen LogP contribution is 2.34. The van der Waals surface area contributed by atoms with Gasteiger partial charge in [0.2, 0.25) is 0 Å². The fourth-order valence-corrected chi connectivity index (χ4v) is 3.05. The van der Waals surface area contributed by atoms with E-state index in [-0.39, 0.29) is 5.82 Å². The molecule has 2 nitrogen and oxygen atoms in total. The summed E-state index contributed by atoms with van der Waals surface area (Å²) in [5.41, 5.74) is 2.07. The smallest absolute Gasteiger partial charge is 0.125 e. The predicted molar refractivity (Wildman–Crippen MR) is 72.4 cm³/mol. The van der Waals surface area contributed by atoms with E-state index in [1.807, 2.05) is 13.0 Å². The highest BCUT2D eigenvalue weighted by molar-refractivity contribution is 5.51. The van der Waals surface area contributed by atoms with Gasteiger partial charge in [-0.25, -0.2) is 4.39 Å². The molecule has 1 aromatic carbocycles. The maximum atomic E-state index is 13.3. The third kappa shape index (κ3) is 2.37. The molecule has 0 amide bonds. The van der Waals surface area contributed by atoms with E-state index in [1.54, 1.807) is 6.07 Å². The molecular weight excluding hydrogens is 227 g/mol. The van der Waals surface area contributed by atoms with Crippen molar-refractivity contribution in [2.75, 3.05) is 11.9 Å². The number of likely N-dealkylation sites (tertiary alicyclic amines) is 1. The van der Waals surface area contributed by atoms with E-state index >= 15 is 0 Å². The molecule has 0 spiro atoms. The van der Waals surface area contributed by atoms with Crippen molar-refractivity contribution in [3.05, 3.63) is 29.6 Å². The van der Waals surface area contributed by atoms with Crippen molar-refractivity contribution in [1.29, 1.82) is 0 Å². The second-order valence-electron chi connectivity index (χ2n) is 5.81. The van der Waals surface area contributed by atoms with Crippen molar-refractivity contribution in [2.24, 2.45) is 0 Å². The summed E-state index contributed by atoms with van der Waals surface area (Å²) in [6.45, 7) is 5.43. The molecule has 2 unspecified atom stereocenters. The van der Waals surface area contributed by atoms with E-state index in [1.165, 1.54) is 18.9 Å². The van der Waals surface area contributed by atoms with Crippen LogP contribution in [-0.4, -0.2) is 29.6 Å². The van der Waals surface area contributed by atoms with Crippen LogP contribution in [0.15, 0.2) is 18.2 Å². The van der Waals surface area contributed by atoms with Crippen LogP contribution in [0.5, 0.6) is 0 Å². The summed E-state index contributed by atoms with van der Waals surface area (Å²) in [5.74, 6) is -0.159. The quantitative estimate of drug-likeness (QED) is 0.884. The molecular formula is C15H21FN2. The van der Waals surface area contributed by atoms with E-state index in [9.17, 15) is 4.39 Å². The molecule has 2 atom stereocenters. The summed E-state index contributed by atoms with van der Waals surface area (Å²) in [5, 5.41) is 3.51. The van der Waals surface area contributed by atoms with Gasteiger partial charge < -0.3 is 5.32 Å². The molecule has 18 heavy (non-hydrogen) atoms. The lowest BCUT2D eigenvalue weighted by atomic mass is 10.1. The number of aryl methyl sites for hydroxylation is 1. The zero-order chi connectivity index (χ0) is 12.7. The lowest BCUT2D eigenvalue weighted by Gasteiger charge is -2.20.